The van der Waals surface area contributed by atoms with Gasteiger partial charge in [0.2, 0.25) is 5.91 Å². The van der Waals surface area contributed by atoms with Crippen LogP contribution in [0.5, 0.6) is 0 Å². The Morgan fingerprint density at radius 3 is 2.37 bits per heavy atom. The van der Waals surface area contributed by atoms with Crippen molar-refractivity contribution < 1.29 is 4.79 Å². The topological polar surface area (TPSA) is 51.1 Å². The number of aromatic nitrogens is 1. The predicted molar refractivity (Wildman–Crippen MR) is 123 cm³/mol. The molecule has 0 radical (unpaired) electrons. The van der Waals surface area contributed by atoms with Crippen LogP contribution in [0, 0.1) is 13.8 Å². The molecule has 3 aromatic carbocycles. The Hall–Kier alpha value is -3.66. The molecule has 1 amide bonds. The highest BCUT2D eigenvalue weighted by atomic mass is 16.1. The summed E-state index contributed by atoms with van der Waals surface area (Å²) in [5, 5.41) is 4.41. The van der Waals surface area contributed by atoms with Gasteiger partial charge in [-0.25, -0.2) is 0 Å². The molecule has 0 aliphatic carbocycles. The quantitative estimate of drug-likeness (QED) is 0.509. The average Bonchev–Trinajstić information content (AvgIpc) is 2.72. The molecular weight excluding hydrogens is 372 g/mol. The Morgan fingerprint density at radius 1 is 0.933 bits per heavy atom. The molecule has 4 heteroatoms. The summed E-state index contributed by atoms with van der Waals surface area (Å²) in [5.41, 5.74) is 6.00. The summed E-state index contributed by atoms with van der Waals surface area (Å²) in [5.74, 6) is -0.111. The smallest absolute Gasteiger partial charge is 0.259 e. The van der Waals surface area contributed by atoms with Gasteiger partial charge in [0, 0.05) is 18.0 Å². The first kappa shape index (κ1) is 19.6. The van der Waals surface area contributed by atoms with E-state index in [1.54, 1.807) is 0 Å². The number of benzene rings is 3. The van der Waals surface area contributed by atoms with Crippen LogP contribution >= 0.6 is 0 Å². The van der Waals surface area contributed by atoms with E-state index in [9.17, 15) is 9.59 Å². The molecule has 0 saturated carbocycles. The van der Waals surface area contributed by atoms with Crippen molar-refractivity contribution in [2.45, 2.75) is 27.3 Å². The average molecular weight is 396 g/mol. The van der Waals surface area contributed by atoms with E-state index in [0.29, 0.717) is 11.9 Å². The molecule has 4 nitrogen and oxygen atoms in total. The van der Waals surface area contributed by atoms with Gasteiger partial charge in [-0.15, -0.1) is 0 Å². The van der Waals surface area contributed by atoms with Crippen LogP contribution in [-0.4, -0.2) is 10.5 Å². The Labute approximate surface area is 175 Å². The molecule has 0 saturated heterocycles. The van der Waals surface area contributed by atoms with Crippen molar-refractivity contribution in [3.8, 4) is 11.3 Å². The number of carbonyl (C=O) groups excluding carboxylic acids is 1. The summed E-state index contributed by atoms with van der Waals surface area (Å²) < 4.78 is 1.84. The molecule has 1 aromatic heterocycles. The molecule has 1 N–H and O–H groups in total. The van der Waals surface area contributed by atoms with Crippen molar-refractivity contribution >= 4 is 22.4 Å². The van der Waals surface area contributed by atoms with Crippen molar-refractivity contribution in [3.63, 3.8) is 0 Å². The van der Waals surface area contributed by atoms with Gasteiger partial charge in [-0.3, -0.25) is 9.59 Å². The predicted octanol–water partition coefficient (Wildman–Crippen LogP) is 5.29. The molecule has 0 bridgehead atoms. The Balaban J connectivity index is 1.88. The van der Waals surface area contributed by atoms with E-state index in [1.165, 1.54) is 18.1 Å². The number of carbonyl (C=O) groups is 1. The SMILES string of the molecule is CC(=O)Nc1ccc(-c2cc3ccccc3c(=O)n2Cc2ccc(C)cc2C)cc1. The lowest BCUT2D eigenvalue weighted by atomic mass is 10.0. The molecule has 0 spiro atoms. The van der Waals surface area contributed by atoms with E-state index >= 15 is 0 Å². The van der Waals surface area contributed by atoms with Crippen molar-refractivity contribution in [2.24, 2.45) is 0 Å². The number of pyridine rings is 1. The number of nitrogens with one attached hydrogen (secondary N) is 1. The van der Waals surface area contributed by atoms with Gasteiger partial charge in [0.1, 0.15) is 0 Å². The van der Waals surface area contributed by atoms with Crippen LogP contribution < -0.4 is 10.9 Å². The number of amides is 1. The zero-order valence-corrected chi connectivity index (χ0v) is 17.4. The largest absolute Gasteiger partial charge is 0.326 e. The third kappa shape index (κ3) is 3.90. The zero-order valence-electron chi connectivity index (χ0n) is 17.4. The summed E-state index contributed by atoms with van der Waals surface area (Å²) in [6.07, 6.45) is 0. The first-order chi connectivity index (χ1) is 14.4. The van der Waals surface area contributed by atoms with Gasteiger partial charge in [0.25, 0.3) is 5.56 Å². The Kier molecular flexibility index (Phi) is 5.23. The highest BCUT2D eigenvalue weighted by molar-refractivity contribution is 5.89. The monoisotopic (exact) mass is 396 g/mol. The minimum Gasteiger partial charge on any atom is -0.326 e. The van der Waals surface area contributed by atoms with Crippen LogP contribution in [0.2, 0.25) is 0 Å². The second kappa shape index (κ2) is 7.99. The molecule has 0 atom stereocenters. The van der Waals surface area contributed by atoms with Gasteiger partial charge in [0.05, 0.1) is 12.2 Å². The molecule has 150 valence electrons. The highest BCUT2D eigenvalue weighted by Gasteiger charge is 2.13. The molecule has 1 heterocycles. The summed E-state index contributed by atoms with van der Waals surface area (Å²) in [7, 11) is 0. The summed E-state index contributed by atoms with van der Waals surface area (Å²) >= 11 is 0. The van der Waals surface area contributed by atoms with Gasteiger partial charge < -0.3 is 9.88 Å². The molecule has 30 heavy (non-hydrogen) atoms. The van der Waals surface area contributed by atoms with E-state index in [1.807, 2.05) is 53.1 Å². The number of anilines is 1. The lowest BCUT2D eigenvalue weighted by molar-refractivity contribution is -0.114. The molecule has 4 aromatic rings. The third-order valence-electron chi connectivity index (χ3n) is 5.35. The van der Waals surface area contributed by atoms with E-state index in [4.69, 9.17) is 0 Å². The maximum Gasteiger partial charge on any atom is 0.259 e. The van der Waals surface area contributed by atoms with Gasteiger partial charge in [0.15, 0.2) is 0 Å². The Morgan fingerprint density at radius 2 is 1.67 bits per heavy atom. The lowest BCUT2D eigenvalue weighted by Gasteiger charge is -2.17. The van der Waals surface area contributed by atoms with Gasteiger partial charge in [-0.05, 0) is 60.2 Å². The normalized spacial score (nSPS) is 10.9. The van der Waals surface area contributed by atoms with Crippen LogP contribution in [0.15, 0.2) is 77.6 Å². The highest BCUT2D eigenvalue weighted by Crippen LogP contribution is 2.25. The van der Waals surface area contributed by atoms with Crippen LogP contribution in [0.4, 0.5) is 5.69 Å². The van der Waals surface area contributed by atoms with E-state index in [2.05, 4.69) is 43.4 Å². The molecule has 0 aliphatic rings. The second-order valence-corrected chi connectivity index (χ2v) is 7.70. The number of aryl methyl sites for hydroxylation is 2. The van der Waals surface area contributed by atoms with Gasteiger partial charge in [-0.2, -0.15) is 0 Å². The minimum absolute atomic E-state index is 0.00554. The van der Waals surface area contributed by atoms with E-state index in [-0.39, 0.29) is 11.5 Å². The number of hydrogen-bond donors (Lipinski definition) is 1. The van der Waals surface area contributed by atoms with Crippen LogP contribution in [0.3, 0.4) is 0 Å². The Bertz CT molecular complexity index is 1300. The third-order valence-corrected chi connectivity index (χ3v) is 5.35. The molecule has 0 unspecified atom stereocenters. The number of fused-ring (bicyclic) bond motifs is 1. The van der Waals surface area contributed by atoms with Crippen molar-refractivity contribution in [2.75, 3.05) is 5.32 Å². The van der Waals surface area contributed by atoms with Crippen molar-refractivity contribution in [3.05, 3.63) is 99.8 Å². The number of nitrogens with zero attached hydrogens (tertiary/aromatic N) is 1. The van der Waals surface area contributed by atoms with E-state index < -0.39 is 0 Å². The first-order valence-electron chi connectivity index (χ1n) is 9.99. The van der Waals surface area contributed by atoms with Crippen molar-refractivity contribution in [1.82, 2.24) is 4.57 Å². The summed E-state index contributed by atoms with van der Waals surface area (Å²) in [6, 6.07) is 23.7. The van der Waals surface area contributed by atoms with E-state index in [0.717, 1.165) is 27.9 Å². The fourth-order valence-corrected chi connectivity index (χ4v) is 3.81. The summed E-state index contributed by atoms with van der Waals surface area (Å²) in [4.78, 5) is 24.7. The van der Waals surface area contributed by atoms with Gasteiger partial charge in [-0.1, -0.05) is 54.1 Å². The maximum atomic E-state index is 13.4. The maximum absolute atomic E-state index is 13.4. The van der Waals surface area contributed by atoms with Crippen LogP contribution in [0.25, 0.3) is 22.0 Å². The molecular formula is C26H24N2O2. The fourth-order valence-electron chi connectivity index (χ4n) is 3.81. The van der Waals surface area contributed by atoms with Crippen LogP contribution in [-0.2, 0) is 11.3 Å². The number of hydrogen-bond acceptors (Lipinski definition) is 2. The minimum atomic E-state index is -0.111. The standard InChI is InChI=1S/C26H24N2O2/c1-17-8-9-22(18(2)14-17)16-28-25(15-21-6-4-5-7-24(21)26(28)30)20-10-12-23(13-11-20)27-19(3)29/h4-15H,16H2,1-3H3,(H,27,29). The summed E-state index contributed by atoms with van der Waals surface area (Å²) in [6.45, 7) is 6.13. The molecule has 0 fully saturated rings. The number of rotatable bonds is 4. The zero-order chi connectivity index (χ0) is 21.3. The molecule has 4 rings (SSSR count). The van der Waals surface area contributed by atoms with Gasteiger partial charge >= 0.3 is 0 Å². The second-order valence-electron chi connectivity index (χ2n) is 7.70. The fraction of sp³-hybridized carbons (Fsp3) is 0.154. The lowest BCUT2D eigenvalue weighted by Crippen LogP contribution is -2.23. The first-order valence-corrected chi connectivity index (χ1v) is 9.99. The van der Waals surface area contributed by atoms with Crippen LogP contribution in [0.1, 0.15) is 23.6 Å². The molecule has 0 aliphatic heterocycles. The van der Waals surface area contributed by atoms with Crippen molar-refractivity contribution in [1.29, 1.82) is 0 Å².